The summed E-state index contributed by atoms with van der Waals surface area (Å²) in [6, 6.07) is 38.7. The van der Waals surface area contributed by atoms with Gasteiger partial charge < -0.3 is 52.3 Å². The molecule has 1 saturated heterocycles. The number of methoxy groups -OCH3 is 2. The van der Waals surface area contributed by atoms with E-state index in [-0.39, 0.29) is 27.8 Å². The molecule has 28 heteroatoms. The molecule has 9 aromatic rings. The van der Waals surface area contributed by atoms with Crippen LogP contribution < -0.4 is 19.7 Å². The van der Waals surface area contributed by atoms with Crippen LogP contribution >= 0.6 is 15.9 Å². The number of alkyl halides is 9. The molecule has 6 aromatic carbocycles. The molecule has 1 N–H and O–H groups in total. The SMILES string of the molecule is Brc1ccccn1.CC(C)(C)OC(C(=O)O)c1c(C(F)(F)F)ccc(-c2ccccn2)c1-c1ccc2c(c1)CCCO2.COC(=O)C(OC(C)(C)C)c1c(C(F)(F)F)ccc(-c2ccccn2)c1-c1ccc2c(c1)CCCO2.COC(=O)C(OC(C)(C)C)c1c(C(F)(F)F)ccc(B2OC(C)(C)C(C)(C)O2)c1-c1ccc2c(c1)CCCO2. The van der Waals surface area contributed by atoms with Crippen molar-refractivity contribution in [3.63, 3.8) is 0 Å². The van der Waals surface area contributed by atoms with Gasteiger partial charge in [0.25, 0.3) is 0 Å². The molecule has 7 heterocycles. The average Bonchev–Trinajstić information content (AvgIpc) is 1.73. The Hall–Kier alpha value is -9.71. The molecule has 3 atom stereocenters. The number of carbonyl (C=O) groups excluding carboxylic acids is 2. The summed E-state index contributed by atoms with van der Waals surface area (Å²) in [5.74, 6) is -1.31. The number of aromatic nitrogens is 3. The molecule has 0 aliphatic carbocycles. The fourth-order valence-corrected chi connectivity index (χ4v) is 14.1. The zero-order valence-electron chi connectivity index (χ0n) is 67.6. The van der Waals surface area contributed by atoms with Crippen molar-refractivity contribution >= 4 is 46.4 Å². The molecule has 1 fully saturated rings. The smallest absolute Gasteiger partial charge is 0.493 e. The standard InChI is InChI=1S/C29H36BF3O6.C28H28F3NO4.C27H26F3NO4.C5H4BrN/c1-26(2,3)37-24(25(34)35-8)23-19(29(31,32)33)12-13-20(30-38-27(4,5)28(6,7)39-30)22(23)18-11-14-21-17(16-18)10-9-15-36-21;1-27(2,3)36-25(26(33)34-4)24-20(28(29,30)31)12-11-19(21-9-5-6-14-32-21)23(24)18-10-13-22-17(16-18)8-7-15-35-22;1-26(2,3)35-24(25(32)33)23-19(27(28,29)30)11-10-18(20-8-4-5-13-31-20)22(23)17-9-12-21-16(15-17)7-6-14-34-21;6-5-3-1-2-4-7-5/h11-14,16,24H,9-10,15H2,1-8H3;5-6,9-14,16,25H,7-8,15H2,1-4H3;4-5,8-13,15,24H,6-7,14H2,1-3H3,(H,32,33);1-4H. The van der Waals surface area contributed by atoms with Gasteiger partial charge in [0, 0.05) is 46.4 Å². The monoisotopic (exact) mass is 1690 g/mol. The van der Waals surface area contributed by atoms with Gasteiger partial charge in [-0.1, -0.05) is 54.6 Å². The van der Waals surface area contributed by atoms with Gasteiger partial charge in [-0.3, -0.25) is 9.97 Å². The van der Waals surface area contributed by atoms with Crippen molar-refractivity contribution in [2.45, 2.75) is 193 Å². The second-order valence-electron chi connectivity index (χ2n) is 32.1. The predicted molar refractivity (Wildman–Crippen MR) is 429 cm³/mol. The molecule has 0 bridgehead atoms. The Morgan fingerprint density at radius 3 is 1.09 bits per heavy atom. The summed E-state index contributed by atoms with van der Waals surface area (Å²) >= 11 is 3.20. The summed E-state index contributed by atoms with van der Waals surface area (Å²) in [7, 11) is 1.27. The number of nitrogens with zero attached hydrogens (tertiary/aromatic N) is 3. The number of carboxylic acid groups (broad SMARTS) is 1. The van der Waals surface area contributed by atoms with E-state index in [0.29, 0.717) is 94.6 Å². The Morgan fingerprint density at radius 1 is 0.444 bits per heavy atom. The van der Waals surface area contributed by atoms with Gasteiger partial charge in [0.2, 0.25) is 0 Å². The summed E-state index contributed by atoms with van der Waals surface area (Å²) in [6.45, 7) is 24.1. The topological polar surface area (TPSA) is 202 Å². The third-order valence-corrected chi connectivity index (χ3v) is 20.0. The largest absolute Gasteiger partial charge is 0.495 e. The van der Waals surface area contributed by atoms with E-state index in [2.05, 4.69) is 30.9 Å². The summed E-state index contributed by atoms with van der Waals surface area (Å²) in [4.78, 5) is 51.1. The normalized spacial score (nSPS) is 15.8. The zero-order chi connectivity index (χ0) is 85.5. The molecule has 117 heavy (non-hydrogen) atoms. The first-order valence-corrected chi connectivity index (χ1v) is 38.8. The van der Waals surface area contributed by atoms with Gasteiger partial charge in [0.05, 0.1) is 90.1 Å². The second kappa shape index (κ2) is 36.3. The molecule has 622 valence electrons. The predicted octanol–water partition coefficient (Wildman–Crippen LogP) is 21.4. The number of aryl methyl sites for hydroxylation is 3. The van der Waals surface area contributed by atoms with Crippen LogP contribution in [-0.2, 0) is 85.2 Å². The lowest BCUT2D eigenvalue weighted by atomic mass is 9.71. The molecule has 0 saturated carbocycles. The number of aliphatic carboxylic acids is 1. The number of carboxylic acids is 1. The fourth-order valence-electron chi connectivity index (χ4n) is 13.9. The van der Waals surface area contributed by atoms with Crippen LogP contribution in [-0.4, -0.2) is 107 Å². The maximum atomic E-state index is 14.6. The van der Waals surface area contributed by atoms with Gasteiger partial charge >= 0.3 is 43.6 Å². The molecule has 3 unspecified atom stereocenters. The molecule has 4 aliphatic heterocycles. The van der Waals surface area contributed by atoms with E-state index in [1.54, 1.807) is 154 Å². The number of pyridine rings is 3. The van der Waals surface area contributed by atoms with Gasteiger partial charge in [-0.05, 0) is 291 Å². The van der Waals surface area contributed by atoms with Crippen molar-refractivity contribution in [1.82, 2.24) is 15.0 Å². The Morgan fingerprint density at radius 2 is 0.778 bits per heavy atom. The highest BCUT2D eigenvalue weighted by atomic mass is 79.9. The van der Waals surface area contributed by atoms with Crippen LogP contribution in [0.3, 0.4) is 0 Å². The highest BCUT2D eigenvalue weighted by molar-refractivity contribution is 9.10. The van der Waals surface area contributed by atoms with Crippen molar-refractivity contribution in [2.75, 3.05) is 34.0 Å². The number of halogens is 10. The minimum absolute atomic E-state index is 0.128. The molecule has 0 radical (unpaired) electrons. The van der Waals surface area contributed by atoms with Crippen LogP contribution in [0.5, 0.6) is 17.2 Å². The number of rotatable bonds is 15. The Bertz CT molecular complexity index is 5000. The minimum Gasteiger partial charge on any atom is -0.493 e. The van der Waals surface area contributed by atoms with Gasteiger partial charge in [-0.25, -0.2) is 19.4 Å². The summed E-state index contributed by atoms with van der Waals surface area (Å²) in [5.41, 5.74) is -1.90. The lowest BCUT2D eigenvalue weighted by Gasteiger charge is -2.32. The Balaban J connectivity index is 0.000000177. The number of fused-ring (bicyclic) bond motifs is 3. The summed E-state index contributed by atoms with van der Waals surface area (Å²) in [5, 5.41) is 10.1. The van der Waals surface area contributed by atoms with E-state index in [4.69, 9.17) is 47.2 Å². The van der Waals surface area contributed by atoms with Crippen LogP contribution in [0, 0.1) is 0 Å². The van der Waals surface area contributed by atoms with E-state index >= 15 is 0 Å². The highest BCUT2D eigenvalue weighted by Gasteiger charge is 2.54. The van der Waals surface area contributed by atoms with Crippen molar-refractivity contribution in [2.24, 2.45) is 0 Å². The zero-order valence-corrected chi connectivity index (χ0v) is 69.2. The van der Waals surface area contributed by atoms with E-state index in [1.807, 2.05) is 58.0 Å². The first-order chi connectivity index (χ1) is 54.8. The maximum Gasteiger partial charge on any atom is 0.495 e. The number of carbonyl (C=O) groups is 3. The highest BCUT2D eigenvalue weighted by Crippen LogP contribution is 2.51. The van der Waals surface area contributed by atoms with Gasteiger partial charge in [0.15, 0.2) is 18.3 Å². The van der Waals surface area contributed by atoms with E-state index in [1.165, 1.54) is 24.4 Å². The Kier molecular flexibility index (Phi) is 27.8. The molecule has 0 amide bonds. The van der Waals surface area contributed by atoms with Crippen molar-refractivity contribution < 1.29 is 106 Å². The lowest BCUT2D eigenvalue weighted by Crippen LogP contribution is -2.41. The first kappa shape index (κ1) is 89.6. The lowest BCUT2D eigenvalue weighted by molar-refractivity contribution is -0.167. The number of benzene rings is 6. The third kappa shape index (κ3) is 22.0. The minimum atomic E-state index is -4.81. The van der Waals surface area contributed by atoms with Crippen LogP contribution in [0.1, 0.15) is 178 Å². The van der Waals surface area contributed by atoms with E-state index in [0.717, 1.165) is 79.4 Å². The van der Waals surface area contributed by atoms with Crippen molar-refractivity contribution in [1.29, 1.82) is 0 Å². The average molecular weight is 1690 g/mol. The molecule has 3 aromatic heterocycles. The Labute approximate surface area is 683 Å². The number of hydrogen-bond donors (Lipinski definition) is 1. The maximum absolute atomic E-state index is 14.6. The molecule has 17 nitrogen and oxygen atoms in total. The number of ether oxygens (including phenoxy) is 8. The second-order valence-corrected chi connectivity index (χ2v) is 32.9. The summed E-state index contributed by atoms with van der Waals surface area (Å²) < 4.78 is 189. The van der Waals surface area contributed by atoms with E-state index < -0.39 is 112 Å². The van der Waals surface area contributed by atoms with Crippen LogP contribution in [0.25, 0.3) is 55.9 Å². The first-order valence-electron chi connectivity index (χ1n) is 38.0. The van der Waals surface area contributed by atoms with Gasteiger partial charge in [0.1, 0.15) is 21.9 Å². The van der Waals surface area contributed by atoms with Crippen LogP contribution in [0.2, 0.25) is 0 Å². The molecular formula is C89H94BBrF9N3O14. The quantitative estimate of drug-likeness (QED) is 0.0439. The van der Waals surface area contributed by atoms with Crippen molar-refractivity contribution in [3.05, 3.63) is 219 Å². The van der Waals surface area contributed by atoms with Crippen molar-refractivity contribution in [3.8, 4) is 73.1 Å². The van der Waals surface area contributed by atoms with E-state index in [9.17, 15) is 59.0 Å². The fraction of sp³-hybridized carbons (Fsp3) is 0.393. The van der Waals surface area contributed by atoms with Crippen LogP contribution in [0.4, 0.5) is 39.5 Å². The van der Waals surface area contributed by atoms with Crippen LogP contribution in [0.15, 0.2) is 169 Å². The molecule has 0 spiro atoms. The van der Waals surface area contributed by atoms with Gasteiger partial charge in [-0.2, -0.15) is 39.5 Å². The number of hydrogen-bond acceptors (Lipinski definition) is 16. The molecular weight excluding hydrogens is 1600 g/mol. The third-order valence-electron chi connectivity index (χ3n) is 19.5. The molecule has 4 aliphatic rings. The summed E-state index contributed by atoms with van der Waals surface area (Å²) in [6.07, 6.45) is -10.1. The molecule has 13 rings (SSSR count). The number of esters is 2. The van der Waals surface area contributed by atoms with Gasteiger partial charge in [-0.15, -0.1) is 0 Å².